The van der Waals surface area contributed by atoms with Crippen LogP contribution in [0.1, 0.15) is 64.5 Å². The second kappa shape index (κ2) is 12.2. The van der Waals surface area contributed by atoms with E-state index < -0.39 is 55.3 Å². The summed E-state index contributed by atoms with van der Waals surface area (Å²) in [4.78, 5) is 0. The summed E-state index contributed by atoms with van der Waals surface area (Å²) >= 11 is -1.83. The van der Waals surface area contributed by atoms with E-state index in [9.17, 15) is 13.0 Å². The smallest absolute Gasteiger partial charge is 0.216 e. The van der Waals surface area contributed by atoms with E-state index in [4.69, 9.17) is 14.2 Å². The number of hydrogen-bond donors (Lipinski definition) is 1. The van der Waals surface area contributed by atoms with Gasteiger partial charge in [0.15, 0.2) is 17.9 Å². The van der Waals surface area contributed by atoms with Gasteiger partial charge in [-0.1, -0.05) is 26.0 Å². The van der Waals surface area contributed by atoms with Gasteiger partial charge >= 0.3 is 0 Å². The Morgan fingerprint density at radius 3 is 2.23 bits per heavy atom. The number of hydrogen-bond acceptors (Lipinski definition) is 7. The van der Waals surface area contributed by atoms with Gasteiger partial charge in [0, 0.05) is 41.5 Å². The summed E-state index contributed by atoms with van der Waals surface area (Å²) in [5, 5.41) is 0. The number of benzene rings is 2. The first-order valence-corrected chi connectivity index (χ1v) is 15.6. The Hall–Kier alpha value is -1.80. The molecule has 0 bridgehead atoms. The molecule has 12 heteroatoms. The second-order valence-corrected chi connectivity index (χ2v) is 16.2. The third-order valence-corrected chi connectivity index (χ3v) is 10.3. The van der Waals surface area contributed by atoms with E-state index in [1.165, 1.54) is 27.1 Å². The maximum atomic E-state index is 15.5. The molecule has 8 nitrogen and oxygen atoms in total. The molecule has 1 fully saturated rings. The zero-order valence-corrected chi connectivity index (χ0v) is 26.0. The fourth-order valence-electron chi connectivity index (χ4n) is 4.11. The van der Waals surface area contributed by atoms with E-state index >= 15 is 8.78 Å². The van der Waals surface area contributed by atoms with Crippen LogP contribution in [-0.4, -0.2) is 55.1 Å². The standard InChI is InChI=1S/C28H40F2N2O6S2/c1-26(2,3)39(33)31-28(6,18-40(34,35)32(7)15-19-9-11-21(36-8)12-10-19)22-13-20(14-23(29)24(22)30)25-37-16-27(4,5)17-38-25/h9-14,25,31H,15-18H2,1-8H3/t28?,39-/m1/s1. The minimum atomic E-state index is -4.10. The van der Waals surface area contributed by atoms with E-state index in [0.29, 0.717) is 24.5 Å². The predicted octanol–water partition coefficient (Wildman–Crippen LogP) is 4.77. The van der Waals surface area contributed by atoms with Crippen LogP contribution in [0, 0.1) is 17.0 Å². The van der Waals surface area contributed by atoms with Gasteiger partial charge in [0.1, 0.15) is 16.0 Å². The zero-order valence-electron chi connectivity index (χ0n) is 24.3. The van der Waals surface area contributed by atoms with Gasteiger partial charge in [-0.05, 0) is 57.5 Å². The SMILES string of the molecule is COc1ccc(CN(C)S(=O)(=O)CC(C)(N[S@+]([O-])C(C)(C)C)c2cc(C3OCC(C)(C)CO3)cc(F)c2F)cc1. The first kappa shape index (κ1) is 32.7. The fourth-order valence-corrected chi connectivity index (χ4v) is 6.63. The van der Waals surface area contributed by atoms with Crippen LogP contribution in [-0.2, 0) is 42.9 Å². The Morgan fingerprint density at radius 2 is 1.70 bits per heavy atom. The van der Waals surface area contributed by atoms with Crippen molar-refractivity contribution in [3.63, 3.8) is 0 Å². The van der Waals surface area contributed by atoms with Crippen LogP contribution in [0.4, 0.5) is 8.78 Å². The summed E-state index contributed by atoms with van der Waals surface area (Å²) in [6, 6.07) is 9.21. The molecule has 1 unspecified atom stereocenters. The van der Waals surface area contributed by atoms with Gasteiger partial charge in [-0.2, -0.15) is 0 Å². The molecule has 3 rings (SSSR count). The predicted molar refractivity (Wildman–Crippen MR) is 151 cm³/mol. The molecule has 2 aromatic rings. The Bertz CT molecular complexity index is 1270. The van der Waals surface area contributed by atoms with Crippen molar-refractivity contribution in [2.45, 2.75) is 64.7 Å². The molecule has 0 spiro atoms. The summed E-state index contributed by atoms with van der Waals surface area (Å²) in [6.45, 7) is 11.1. The first-order chi connectivity index (χ1) is 18.4. The Kier molecular flexibility index (Phi) is 9.98. The van der Waals surface area contributed by atoms with Crippen molar-refractivity contribution in [1.29, 1.82) is 0 Å². The molecular weight excluding hydrogens is 562 g/mol. The lowest BCUT2D eigenvalue weighted by Crippen LogP contribution is -2.54. The second-order valence-electron chi connectivity index (χ2n) is 12.2. The maximum absolute atomic E-state index is 15.5. The molecule has 40 heavy (non-hydrogen) atoms. The lowest BCUT2D eigenvalue weighted by Gasteiger charge is -2.37. The van der Waals surface area contributed by atoms with Crippen molar-refractivity contribution in [2.24, 2.45) is 5.41 Å². The van der Waals surface area contributed by atoms with Gasteiger partial charge in [0.2, 0.25) is 10.0 Å². The minimum absolute atomic E-state index is 0.0290. The van der Waals surface area contributed by atoms with Crippen molar-refractivity contribution >= 4 is 21.4 Å². The van der Waals surface area contributed by atoms with Crippen LogP contribution in [0.25, 0.3) is 0 Å². The molecule has 224 valence electrons. The highest BCUT2D eigenvalue weighted by molar-refractivity contribution is 7.91. The molecule has 0 aliphatic carbocycles. The Morgan fingerprint density at radius 1 is 1.12 bits per heavy atom. The van der Waals surface area contributed by atoms with Crippen LogP contribution in [0.15, 0.2) is 36.4 Å². The molecule has 0 aromatic heterocycles. The van der Waals surface area contributed by atoms with Crippen molar-refractivity contribution in [2.75, 3.05) is 33.1 Å². The van der Waals surface area contributed by atoms with Gasteiger partial charge in [-0.3, -0.25) is 0 Å². The highest BCUT2D eigenvalue weighted by atomic mass is 32.2. The van der Waals surface area contributed by atoms with E-state index in [-0.39, 0.29) is 23.1 Å². The molecule has 1 heterocycles. The normalized spacial score (nSPS) is 18.9. The highest BCUT2D eigenvalue weighted by Crippen LogP contribution is 2.36. The number of rotatable bonds is 10. The molecule has 1 aliphatic heterocycles. The molecule has 1 saturated heterocycles. The van der Waals surface area contributed by atoms with Crippen LogP contribution >= 0.6 is 0 Å². The number of ether oxygens (including phenoxy) is 3. The quantitative estimate of drug-likeness (QED) is 0.391. The lowest BCUT2D eigenvalue weighted by molar-refractivity contribution is -0.226. The van der Waals surface area contributed by atoms with Crippen molar-refractivity contribution in [3.05, 3.63) is 64.7 Å². The average Bonchev–Trinajstić information content (AvgIpc) is 2.85. The molecule has 0 saturated carbocycles. The Balaban J connectivity index is 2.00. The van der Waals surface area contributed by atoms with Gasteiger partial charge in [0.25, 0.3) is 0 Å². The van der Waals surface area contributed by atoms with Crippen molar-refractivity contribution < 1.29 is 36.0 Å². The van der Waals surface area contributed by atoms with Crippen LogP contribution in [0.3, 0.4) is 0 Å². The summed E-state index contributed by atoms with van der Waals surface area (Å²) in [5.41, 5.74) is -1.43. The summed E-state index contributed by atoms with van der Waals surface area (Å²) in [7, 11) is -1.17. The molecular formula is C28H40F2N2O6S2. The molecule has 0 radical (unpaired) electrons. The zero-order chi connectivity index (χ0) is 30.1. The molecule has 0 amide bonds. The van der Waals surface area contributed by atoms with E-state index in [0.717, 1.165) is 10.4 Å². The van der Waals surface area contributed by atoms with E-state index in [1.54, 1.807) is 45.0 Å². The summed E-state index contributed by atoms with van der Waals surface area (Å²) < 4.78 is 90.8. The van der Waals surface area contributed by atoms with E-state index in [2.05, 4.69) is 4.72 Å². The average molecular weight is 603 g/mol. The third kappa shape index (κ3) is 7.93. The lowest BCUT2D eigenvalue weighted by atomic mass is 9.92. The molecule has 1 N–H and O–H groups in total. The van der Waals surface area contributed by atoms with Crippen LogP contribution < -0.4 is 9.46 Å². The largest absolute Gasteiger partial charge is 0.598 e. The third-order valence-electron chi connectivity index (χ3n) is 6.55. The first-order valence-electron chi connectivity index (χ1n) is 12.9. The number of methoxy groups -OCH3 is 1. The monoisotopic (exact) mass is 602 g/mol. The highest BCUT2D eigenvalue weighted by Gasteiger charge is 2.44. The Labute approximate surface area is 239 Å². The number of nitrogens with one attached hydrogen (secondary N) is 1. The molecule has 2 atom stereocenters. The summed E-state index contributed by atoms with van der Waals surface area (Å²) in [6.07, 6.45) is -0.964. The van der Waals surface area contributed by atoms with Gasteiger partial charge < -0.3 is 18.8 Å². The van der Waals surface area contributed by atoms with Crippen molar-refractivity contribution in [3.8, 4) is 5.75 Å². The minimum Gasteiger partial charge on any atom is -0.598 e. The van der Waals surface area contributed by atoms with Crippen LogP contribution in [0.2, 0.25) is 0 Å². The number of halogens is 2. The maximum Gasteiger partial charge on any atom is 0.216 e. The van der Waals surface area contributed by atoms with Gasteiger partial charge in [-0.25, -0.2) is 21.5 Å². The topological polar surface area (TPSA) is 100 Å². The van der Waals surface area contributed by atoms with Gasteiger partial charge in [0.05, 0.1) is 26.1 Å². The fraction of sp³-hybridized carbons (Fsp3) is 0.571. The summed E-state index contributed by atoms with van der Waals surface area (Å²) in [5.74, 6) is -2.51. The van der Waals surface area contributed by atoms with Crippen molar-refractivity contribution in [1.82, 2.24) is 9.03 Å². The number of nitrogens with zero attached hydrogens (tertiary/aromatic N) is 1. The van der Waals surface area contributed by atoms with Gasteiger partial charge in [-0.15, -0.1) is 4.72 Å². The molecule has 1 aliphatic rings. The van der Waals surface area contributed by atoms with Crippen LogP contribution in [0.5, 0.6) is 5.75 Å². The van der Waals surface area contributed by atoms with E-state index in [1.807, 2.05) is 13.8 Å². The molecule has 2 aromatic carbocycles. The number of sulfonamides is 1.